The van der Waals surface area contributed by atoms with Gasteiger partial charge in [0.15, 0.2) is 0 Å². The highest BCUT2D eigenvalue weighted by molar-refractivity contribution is 6.00. The van der Waals surface area contributed by atoms with E-state index < -0.39 is 18.5 Å². The zero-order valence-corrected chi connectivity index (χ0v) is 10.8. The molecule has 0 saturated heterocycles. The van der Waals surface area contributed by atoms with Gasteiger partial charge in [-0.2, -0.15) is 0 Å². The van der Waals surface area contributed by atoms with Crippen molar-refractivity contribution < 1.29 is 19.4 Å². The topological polar surface area (TPSA) is 100 Å². The Hall–Kier alpha value is -2.41. The fourth-order valence-electron chi connectivity index (χ4n) is 1.73. The van der Waals surface area contributed by atoms with Gasteiger partial charge in [-0.25, -0.2) is 4.79 Å². The molecule has 0 bridgehead atoms. The van der Waals surface area contributed by atoms with Crippen molar-refractivity contribution in [1.82, 2.24) is 5.32 Å². The standard InChI is InChI=1S/C13H15N3O4/c17-11(7-20-8-12(18)19)16-10-3-1-9(2-4-10)13-14-5-6-15-13/h1-4H,5-8H2,(H,14,15)(H,16,17)(H,18,19). The number of aliphatic carboxylic acids is 1. The first-order valence-electron chi connectivity index (χ1n) is 6.13. The van der Waals surface area contributed by atoms with Crippen LogP contribution in [0.2, 0.25) is 0 Å². The number of hydrogen-bond donors (Lipinski definition) is 3. The second-order valence-corrected chi connectivity index (χ2v) is 4.17. The van der Waals surface area contributed by atoms with Crippen LogP contribution in [0.1, 0.15) is 5.56 Å². The second-order valence-electron chi connectivity index (χ2n) is 4.17. The van der Waals surface area contributed by atoms with E-state index in [2.05, 4.69) is 15.6 Å². The molecular formula is C13H15N3O4. The third-order valence-electron chi connectivity index (χ3n) is 2.57. The van der Waals surface area contributed by atoms with E-state index in [4.69, 9.17) is 9.84 Å². The van der Waals surface area contributed by atoms with Gasteiger partial charge in [-0.3, -0.25) is 9.79 Å². The predicted molar refractivity (Wildman–Crippen MR) is 72.9 cm³/mol. The summed E-state index contributed by atoms with van der Waals surface area (Å²) in [6, 6.07) is 7.22. The molecule has 1 aromatic carbocycles. The molecule has 0 spiro atoms. The van der Waals surface area contributed by atoms with E-state index in [0.29, 0.717) is 5.69 Å². The Morgan fingerprint density at radius 2 is 2.05 bits per heavy atom. The Bertz CT molecular complexity index is 525. The van der Waals surface area contributed by atoms with E-state index >= 15 is 0 Å². The molecule has 7 heteroatoms. The van der Waals surface area contributed by atoms with Gasteiger partial charge in [0.2, 0.25) is 5.91 Å². The smallest absolute Gasteiger partial charge is 0.329 e. The molecule has 7 nitrogen and oxygen atoms in total. The third-order valence-corrected chi connectivity index (χ3v) is 2.57. The molecule has 0 radical (unpaired) electrons. The zero-order chi connectivity index (χ0) is 14.4. The van der Waals surface area contributed by atoms with E-state index in [0.717, 1.165) is 24.5 Å². The first-order chi connectivity index (χ1) is 9.65. The van der Waals surface area contributed by atoms with Gasteiger partial charge < -0.3 is 20.5 Å². The van der Waals surface area contributed by atoms with Crippen molar-refractivity contribution in [3.8, 4) is 0 Å². The number of benzene rings is 1. The van der Waals surface area contributed by atoms with Gasteiger partial charge in [0.25, 0.3) is 0 Å². The van der Waals surface area contributed by atoms with Gasteiger partial charge >= 0.3 is 5.97 Å². The maximum Gasteiger partial charge on any atom is 0.329 e. The summed E-state index contributed by atoms with van der Waals surface area (Å²) < 4.78 is 4.69. The molecule has 1 amide bonds. The van der Waals surface area contributed by atoms with E-state index in [1.54, 1.807) is 12.1 Å². The summed E-state index contributed by atoms with van der Waals surface area (Å²) in [5.74, 6) is -0.644. The molecule has 0 fully saturated rings. The average Bonchev–Trinajstić information content (AvgIpc) is 2.93. The molecular weight excluding hydrogens is 262 g/mol. The molecule has 3 N–H and O–H groups in total. The van der Waals surface area contributed by atoms with Crippen molar-refractivity contribution >= 4 is 23.4 Å². The molecule has 20 heavy (non-hydrogen) atoms. The van der Waals surface area contributed by atoms with Gasteiger partial charge in [0.05, 0.1) is 6.54 Å². The number of rotatable bonds is 6. The van der Waals surface area contributed by atoms with Crippen LogP contribution < -0.4 is 10.6 Å². The zero-order valence-electron chi connectivity index (χ0n) is 10.8. The van der Waals surface area contributed by atoms with E-state index in [1.807, 2.05) is 12.1 Å². The minimum atomic E-state index is -1.10. The van der Waals surface area contributed by atoms with E-state index in [9.17, 15) is 9.59 Å². The number of nitrogens with one attached hydrogen (secondary N) is 2. The summed E-state index contributed by atoms with van der Waals surface area (Å²) in [4.78, 5) is 26.0. The highest BCUT2D eigenvalue weighted by Gasteiger charge is 2.08. The van der Waals surface area contributed by atoms with E-state index in [1.165, 1.54) is 0 Å². The Morgan fingerprint density at radius 1 is 1.30 bits per heavy atom. The molecule has 2 rings (SSSR count). The molecule has 0 saturated carbocycles. The molecule has 1 heterocycles. The quantitative estimate of drug-likeness (QED) is 0.683. The van der Waals surface area contributed by atoms with Crippen LogP contribution in [-0.4, -0.2) is 49.1 Å². The van der Waals surface area contributed by atoms with Gasteiger partial charge in [-0.1, -0.05) is 0 Å². The Kier molecular flexibility index (Phi) is 4.67. The number of aliphatic imine (C=N–C) groups is 1. The SMILES string of the molecule is O=C(O)COCC(=O)Nc1ccc(C2=NCCN2)cc1. The van der Waals surface area contributed by atoms with Crippen molar-refractivity contribution in [3.05, 3.63) is 29.8 Å². The molecule has 0 aromatic heterocycles. The molecule has 1 aromatic rings. The highest BCUT2D eigenvalue weighted by Crippen LogP contribution is 2.10. The van der Waals surface area contributed by atoms with Crippen molar-refractivity contribution in [3.63, 3.8) is 0 Å². The highest BCUT2D eigenvalue weighted by atomic mass is 16.5. The Balaban J connectivity index is 1.84. The van der Waals surface area contributed by atoms with Crippen molar-refractivity contribution in [1.29, 1.82) is 0 Å². The number of carboxylic acid groups (broad SMARTS) is 1. The van der Waals surface area contributed by atoms with Crippen LogP contribution in [0.25, 0.3) is 0 Å². The van der Waals surface area contributed by atoms with Gasteiger partial charge in [-0.05, 0) is 24.3 Å². The van der Waals surface area contributed by atoms with Crippen LogP contribution >= 0.6 is 0 Å². The fraction of sp³-hybridized carbons (Fsp3) is 0.308. The number of hydrogen-bond acceptors (Lipinski definition) is 5. The van der Waals surface area contributed by atoms with Crippen molar-refractivity contribution in [2.45, 2.75) is 0 Å². The maximum atomic E-state index is 11.5. The third kappa shape index (κ3) is 4.06. The maximum absolute atomic E-state index is 11.5. The first kappa shape index (κ1) is 14.0. The number of ether oxygens (including phenoxy) is 1. The van der Waals surface area contributed by atoms with Crippen LogP contribution in [0.15, 0.2) is 29.3 Å². The normalized spacial score (nSPS) is 13.5. The fourth-order valence-corrected chi connectivity index (χ4v) is 1.73. The number of nitrogens with zero attached hydrogens (tertiary/aromatic N) is 1. The number of carbonyl (C=O) groups is 2. The number of carboxylic acids is 1. The van der Waals surface area contributed by atoms with Crippen molar-refractivity contribution in [2.75, 3.05) is 31.6 Å². The largest absolute Gasteiger partial charge is 0.480 e. The minimum Gasteiger partial charge on any atom is -0.480 e. The number of amides is 1. The Morgan fingerprint density at radius 3 is 2.65 bits per heavy atom. The molecule has 0 atom stereocenters. The molecule has 0 aliphatic carbocycles. The lowest BCUT2D eigenvalue weighted by Gasteiger charge is -2.07. The lowest BCUT2D eigenvalue weighted by Crippen LogP contribution is -2.21. The molecule has 1 aliphatic heterocycles. The number of anilines is 1. The summed E-state index contributed by atoms with van der Waals surface area (Å²) in [6.07, 6.45) is 0. The summed E-state index contributed by atoms with van der Waals surface area (Å²) in [5, 5.41) is 14.2. The lowest BCUT2D eigenvalue weighted by atomic mass is 10.2. The summed E-state index contributed by atoms with van der Waals surface area (Å²) >= 11 is 0. The number of amidine groups is 1. The van der Waals surface area contributed by atoms with Crippen LogP contribution in [0, 0.1) is 0 Å². The summed E-state index contributed by atoms with van der Waals surface area (Å²) in [7, 11) is 0. The van der Waals surface area contributed by atoms with Crippen molar-refractivity contribution in [2.24, 2.45) is 4.99 Å². The summed E-state index contributed by atoms with van der Waals surface area (Å²) in [5.41, 5.74) is 1.58. The first-order valence-corrected chi connectivity index (χ1v) is 6.13. The average molecular weight is 277 g/mol. The molecule has 106 valence electrons. The molecule has 1 aliphatic rings. The van der Waals surface area contributed by atoms with Gasteiger partial charge in [0, 0.05) is 17.8 Å². The van der Waals surface area contributed by atoms with Crippen LogP contribution in [-0.2, 0) is 14.3 Å². The van der Waals surface area contributed by atoms with Crippen LogP contribution in [0.4, 0.5) is 5.69 Å². The van der Waals surface area contributed by atoms with Crippen LogP contribution in [0.3, 0.4) is 0 Å². The lowest BCUT2D eigenvalue weighted by molar-refractivity contribution is -0.143. The second kappa shape index (κ2) is 6.67. The van der Waals surface area contributed by atoms with Crippen LogP contribution in [0.5, 0.6) is 0 Å². The monoisotopic (exact) mass is 277 g/mol. The predicted octanol–water partition coefficient (Wildman–Crippen LogP) is 0.0761. The summed E-state index contributed by atoms with van der Waals surface area (Å²) in [6.45, 7) is 0.837. The van der Waals surface area contributed by atoms with E-state index in [-0.39, 0.29) is 6.61 Å². The van der Waals surface area contributed by atoms with Gasteiger partial charge in [-0.15, -0.1) is 0 Å². The molecule has 0 unspecified atom stereocenters. The number of carbonyl (C=O) groups excluding carboxylic acids is 1. The Labute approximate surface area is 115 Å². The minimum absolute atomic E-state index is 0.289. The van der Waals surface area contributed by atoms with Gasteiger partial charge in [0.1, 0.15) is 19.0 Å².